The lowest BCUT2D eigenvalue weighted by atomic mass is 9.74. The molecule has 3 heteroatoms. The Balaban J connectivity index is 2.03. The van der Waals surface area contributed by atoms with Crippen LogP contribution in [-0.2, 0) is 5.41 Å². The van der Waals surface area contributed by atoms with E-state index in [0.717, 1.165) is 10.9 Å². The summed E-state index contributed by atoms with van der Waals surface area (Å²) in [5, 5.41) is 1.04. The third-order valence-corrected chi connectivity index (χ3v) is 4.70. The van der Waals surface area contributed by atoms with Crippen molar-refractivity contribution in [3.63, 3.8) is 0 Å². The van der Waals surface area contributed by atoms with E-state index in [9.17, 15) is 0 Å². The van der Waals surface area contributed by atoms with Gasteiger partial charge < -0.3 is 4.98 Å². The molecule has 94 valence electrons. The van der Waals surface area contributed by atoms with Crippen molar-refractivity contribution < 1.29 is 0 Å². The van der Waals surface area contributed by atoms with E-state index in [0.29, 0.717) is 5.41 Å². The second-order valence-electron chi connectivity index (χ2n) is 5.46. The summed E-state index contributed by atoms with van der Waals surface area (Å²) in [7, 11) is 0. The molecule has 0 spiro atoms. The van der Waals surface area contributed by atoms with Crippen LogP contribution in [0.15, 0.2) is 23.5 Å². The summed E-state index contributed by atoms with van der Waals surface area (Å²) < 4.78 is 0. The monoisotopic (exact) mass is 250 g/mol. The molecule has 1 fully saturated rings. The minimum absolute atomic E-state index is 0.302. The minimum Gasteiger partial charge on any atom is -0.339 e. The average Bonchev–Trinajstić information content (AvgIpc) is 2.76. The third kappa shape index (κ3) is 3.15. The normalized spacial score (nSPS) is 19.2. The minimum atomic E-state index is 0.302. The van der Waals surface area contributed by atoms with Crippen LogP contribution in [0.3, 0.4) is 0 Å². The summed E-state index contributed by atoms with van der Waals surface area (Å²) in [6, 6.07) is 0. The molecule has 0 amide bonds. The maximum Gasteiger partial charge on any atom is 0.165 e. The Hall–Kier alpha value is -0.700. The first-order valence-electron chi connectivity index (χ1n) is 6.43. The van der Waals surface area contributed by atoms with Gasteiger partial charge in [-0.15, -0.1) is 0 Å². The number of H-pyrrole nitrogens is 1. The molecular weight excluding hydrogens is 228 g/mol. The molecule has 1 aromatic heterocycles. The molecule has 0 atom stereocenters. The maximum absolute atomic E-state index is 4.74. The Morgan fingerprint density at radius 1 is 1.47 bits per heavy atom. The number of hydrogen-bond acceptors (Lipinski definition) is 2. The molecule has 0 radical (unpaired) electrons. The quantitative estimate of drug-likeness (QED) is 0.637. The number of thioether (sulfide) groups is 1. The molecule has 0 saturated heterocycles. The summed E-state index contributed by atoms with van der Waals surface area (Å²) in [6.45, 7) is 8.33. The predicted octanol–water partition coefficient (Wildman–Crippen LogP) is 4.30. The van der Waals surface area contributed by atoms with E-state index in [4.69, 9.17) is 4.98 Å². The van der Waals surface area contributed by atoms with Gasteiger partial charge in [0.1, 0.15) is 0 Å². The van der Waals surface area contributed by atoms with Crippen molar-refractivity contribution in [3.05, 3.63) is 24.0 Å². The Bertz CT molecular complexity index is 389. The Morgan fingerprint density at radius 3 is 2.82 bits per heavy atom. The van der Waals surface area contributed by atoms with E-state index in [1.807, 2.05) is 0 Å². The number of rotatable bonds is 4. The lowest BCUT2D eigenvalue weighted by molar-refractivity contribution is 0.312. The summed E-state index contributed by atoms with van der Waals surface area (Å²) in [4.78, 5) is 8.04. The van der Waals surface area contributed by atoms with Crippen LogP contribution in [0.2, 0.25) is 0 Å². The van der Waals surface area contributed by atoms with E-state index in [-0.39, 0.29) is 0 Å². The van der Waals surface area contributed by atoms with Crippen LogP contribution in [0.25, 0.3) is 0 Å². The average molecular weight is 250 g/mol. The highest BCUT2D eigenvalue weighted by atomic mass is 32.2. The van der Waals surface area contributed by atoms with E-state index in [2.05, 4.69) is 31.6 Å². The molecule has 1 heterocycles. The van der Waals surface area contributed by atoms with Crippen LogP contribution >= 0.6 is 11.8 Å². The zero-order chi connectivity index (χ0) is 12.3. The van der Waals surface area contributed by atoms with Crippen molar-refractivity contribution in [2.45, 2.75) is 56.5 Å². The van der Waals surface area contributed by atoms with Gasteiger partial charge in [-0.05, 0) is 19.8 Å². The smallest absolute Gasteiger partial charge is 0.165 e. The number of aromatic amines is 1. The predicted molar refractivity (Wildman–Crippen MR) is 74.6 cm³/mol. The molecule has 2 nitrogen and oxygen atoms in total. The largest absolute Gasteiger partial charge is 0.339 e. The van der Waals surface area contributed by atoms with Crippen LogP contribution in [0.1, 0.15) is 51.6 Å². The van der Waals surface area contributed by atoms with Crippen molar-refractivity contribution >= 4 is 11.8 Å². The van der Waals surface area contributed by atoms with Gasteiger partial charge in [0.25, 0.3) is 0 Å². The van der Waals surface area contributed by atoms with Gasteiger partial charge >= 0.3 is 0 Å². The Kier molecular flexibility index (Phi) is 3.97. The Morgan fingerprint density at radius 2 is 2.18 bits per heavy atom. The molecule has 2 rings (SSSR count). The highest BCUT2D eigenvalue weighted by Gasteiger charge is 2.30. The highest BCUT2D eigenvalue weighted by molar-refractivity contribution is 7.99. The highest BCUT2D eigenvalue weighted by Crippen LogP contribution is 2.38. The number of nitrogens with one attached hydrogen (secondary N) is 1. The molecule has 0 aromatic carbocycles. The standard InChI is InChI=1S/C14H22N2S/c1-11(2)10-17-13-15-9-12(16-13)14(3)7-5-4-6-8-14/h9H,1,4-8,10H2,2-3H3,(H,15,16). The molecule has 1 N–H and O–H groups in total. The lowest BCUT2D eigenvalue weighted by Gasteiger charge is -2.31. The van der Waals surface area contributed by atoms with E-state index >= 15 is 0 Å². The SMILES string of the molecule is C=C(C)CSc1nc(C2(C)CCCCC2)c[nH]1. The zero-order valence-corrected chi connectivity index (χ0v) is 11.7. The van der Waals surface area contributed by atoms with Crippen LogP contribution in [0.5, 0.6) is 0 Å². The molecule has 1 aliphatic carbocycles. The van der Waals surface area contributed by atoms with Crippen LogP contribution in [0.4, 0.5) is 0 Å². The summed E-state index contributed by atoms with van der Waals surface area (Å²) in [5.41, 5.74) is 2.75. The molecule has 1 aromatic rings. The van der Waals surface area contributed by atoms with Crippen molar-refractivity contribution in [1.82, 2.24) is 9.97 Å². The second-order valence-corrected chi connectivity index (χ2v) is 6.42. The fourth-order valence-corrected chi connectivity index (χ4v) is 3.16. The zero-order valence-electron chi connectivity index (χ0n) is 10.9. The van der Waals surface area contributed by atoms with E-state index < -0.39 is 0 Å². The molecule has 0 unspecified atom stereocenters. The fraction of sp³-hybridized carbons (Fsp3) is 0.643. The van der Waals surface area contributed by atoms with Gasteiger partial charge in [-0.1, -0.05) is 50.1 Å². The molecule has 0 aliphatic heterocycles. The van der Waals surface area contributed by atoms with E-state index in [1.54, 1.807) is 11.8 Å². The van der Waals surface area contributed by atoms with Gasteiger partial charge in [0.15, 0.2) is 5.16 Å². The van der Waals surface area contributed by atoms with Gasteiger partial charge in [0.2, 0.25) is 0 Å². The first-order valence-corrected chi connectivity index (χ1v) is 7.42. The number of nitrogens with zero attached hydrogens (tertiary/aromatic N) is 1. The van der Waals surface area contributed by atoms with Crippen molar-refractivity contribution in [2.75, 3.05) is 5.75 Å². The molecular formula is C14H22N2S. The van der Waals surface area contributed by atoms with Crippen molar-refractivity contribution in [2.24, 2.45) is 0 Å². The van der Waals surface area contributed by atoms with Gasteiger partial charge in [-0.3, -0.25) is 0 Å². The van der Waals surface area contributed by atoms with E-state index in [1.165, 1.54) is 43.4 Å². The number of aromatic nitrogens is 2. The fourth-order valence-electron chi connectivity index (χ4n) is 2.47. The molecule has 0 bridgehead atoms. The first-order chi connectivity index (χ1) is 8.10. The van der Waals surface area contributed by atoms with Gasteiger partial charge in [-0.25, -0.2) is 4.98 Å². The molecule has 1 saturated carbocycles. The van der Waals surface area contributed by atoms with Crippen molar-refractivity contribution in [3.8, 4) is 0 Å². The summed E-state index contributed by atoms with van der Waals surface area (Å²) >= 11 is 1.75. The third-order valence-electron chi connectivity index (χ3n) is 3.59. The second kappa shape index (κ2) is 5.30. The van der Waals surface area contributed by atoms with Crippen LogP contribution in [-0.4, -0.2) is 15.7 Å². The molecule has 17 heavy (non-hydrogen) atoms. The van der Waals surface area contributed by atoms with Gasteiger partial charge in [0.05, 0.1) is 5.69 Å². The first kappa shape index (κ1) is 12.7. The number of hydrogen-bond donors (Lipinski definition) is 1. The summed E-state index contributed by atoms with van der Waals surface area (Å²) in [5.74, 6) is 0.948. The van der Waals surface area contributed by atoms with Gasteiger partial charge in [-0.2, -0.15) is 0 Å². The van der Waals surface area contributed by atoms with Crippen LogP contribution < -0.4 is 0 Å². The van der Waals surface area contributed by atoms with Crippen molar-refractivity contribution in [1.29, 1.82) is 0 Å². The van der Waals surface area contributed by atoms with Crippen LogP contribution in [0, 0.1) is 0 Å². The molecule has 1 aliphatic rings. The topological polar surface area (TPSA) is 28.7 Å². The number of imidazole rings is 1. The lowest BCUT2D eigenvalue weighted by Crippen LogP contribution is -2.25. The maximum atomic E-state index is 4.74. The van der Waals surface area contributed by atoms with Gasteiger partial charge in [0, 0.05) is 17.4 Å². The Labute approximate surface area is 108 Å². The summed E-state index contributed by atoms with van der Waals surface area (Å²) in [6.07, 6.45) is 8.74.